The number of amides is 3. The third-order valence-corrected chi connectivity index (χ3v) is 3.13. The molecule has 3 amide bonds. The number of hydrogen-bond donors (Lipinski definition) is 3. The van der Waals surface area contributed by atoms with Crippen LogP contribution in [0.4, 0.5) is 4.79 Å². The van der Waals surface area contributed by atoms with Crippen LogP contribution in [0, 0.1) is 0 Å². The Labute approximate surface area is 107 Å². The number of primary amides is 1. The van der Waals surface area contributed by atoms with Crippen molar-refractivity contribution >= 4 is 11.9 Å². The minimum atomic E-state index is -0.851. The number of carbonyl (C=O) groups excluding carboxylic acids is 2. The van der Waals surface area contributed by atoms with Crippen molar-refractivity contribution in [3.63, 3.8) is 0 Å². The molecule has 4 N–H and O–H groups in total. The normalized spacial score (nSPS) is 26.3. The van der Waals surface area contributed by atoms with Gasteiger partial charge in [0, 0.05) is 19.1 Å². The number of aliphatic hydroxyl groups excluding tert-OH is 1. The molecule has 1 aliphatic heterocycles. The van der Waals surface area contributed by atoms with E-state index in [1.807, 2.05) is 23.9 Å². The van der Waals surface area contributed by atoms with Gasteiger partial charge in [-0.15, -0.1) is 0 Å². The lowest BCUT2D eigenvalue weighted by Crippen LogP contribution is -2.51. The molecule has 7 heteroatoms. The molecule has 0 aromatic carbocycles. The van der Waals surface area contributed by atoms with E-state index in [1.165, 1.54) is 0 Å². The van der Waals surface area contributed by atoms with Gasteiger partial charge in [-0.05, 0) is 27.4 Å². The van der Waals surface area contributed by atoms with Crippen LogP contribution in [0.25, 0.3) is 0 Å². The summed E-state index contributed by atoms with van der Waals surface area (Å²) in [6.45, 7) is 2.90. The molecule has 1 fully saturated rings. The molecule has 0 aromatic rings. The zero-order valence-electron chi connectivity index (χ0n) is 11.1. The Hall–Kier alpha value is -1.18. The van der Waals surface area contributed by atoms with Crippen molar-refractivity contribution < 1.29 is 14.7 Å². The minimum Gasteiger partial charge on any atom is -0.392 e. The Balaban J connectivity index is 2.66. The maximum absolute atomic E-state index is 11.7. The fraction of sp³-hybridized carbons (Fsp3) is 0.818. The van der Waals surface area contributed by atoms with Crippen molar-refractivity contribution in [2.75, 3.05) is 27.2 Å². The summed E-state index contributed by atoms with van der Waals surface area (Å²) in [5.74, 6) is -0.430. The number of carbonyl (C=O) groups is 2. The van der Waals surface area contributed by atoms with Crippen LogP contribution in [0.1, 0.15) is 13.3 Å². The minimum absolute atomic E-state index is 0.101. The van der Waals surface area contributed by atoms with Gasteiger partial charge in [0.1, 0.15) is 0 Å². The van der Waals surface area contributed by atoms with Crippen LogP contribution < -0.4 is 11.1 Å². The van der Waals surface area contributed by atoms with Gasteiger partial charge in [-0.1, -0.05) is 0 Å². The Bertz CT molecular complexity index is 321. The van der Waals surface area contributed by atoms with E-state index in [9.17, 15) is 14.7 Å². The molecular formula is C11H22N4O3. The van der Waals surface area contributed by atoms with E-state index in [0.717, 1.165) is 6.54 Å². The molecule has 7 nitrogen and oxygen atoms in total. The number of imide groups is 1. The Morgan fingerprint density at radius 2 is 2.17 bits per heavy atom. The maximum Gasteiger partial charge on any atom is 0.318 e. The summed E-state index contributed by atoms with van der Waals surface area (Å²) in [4.78, 5) is 26.3. The predicted octanol–water partition coefficient (Wildman–Crippen LogP) is -1.43. The molecule has 18 heavy (non-hydrogen) atoms. The number of likely N-dealkylation sites (N-methyl/N-ethyl adjacent to an activating group) is 1. The van der Waals surface area contributed by atoms with E-state index in [0.29, 0.717) is 13.0 Å². The highest BCUT2D eigenvalue weighted by molar-refractivity contribution is 5.96. The first-order valence-corrected chi connectivity index (χ1v) is 6.00. The van der Waals surface area contributed by atoms with Gasteiger partial charge in [0.05, 0.1) is 12.1 Å². The number of nitrogens with zero attached hydrogens (tertiary/aromatic N) is 2. The first-order valence-electron chi connectivity index (χ1n) is 6.00. The molecule has 0 aliphatic carbocycles. The van der Waals surface area contributed by atoms with Crippen LogP contribution in [-0.2, 0) is 4.79 Å². The third kappa shape index (κ3) is 3.94. The molecule has 104 valence electrons. The SMILES string of the molecule is CC(C(=O)NC(N)=O)N1CC(O)CC1CN(C)C. The lowest BCUT2D eigenvalue weighted by atomic mass is 10.1. The summed E-state index contributed by atoms with van der Waals surface area (Å²) in [6, 6.07) is -1.24. The topological polar surface area (TPSA) is 98.9 Å². The van der Waals surface area contributed by atoms with Gasteiger partial charge >= 0.3 is 6.03 Å². The summed E-state index contributed by atoms with van der Waals surface area (Å²) in [6.07, 6.45) is 0.200. The van der Waals surface area contributed by atoms with Gasteiger partial charge < -0.3 is 15.7 Å². The van der Waals surface area contributed by atoms with Crippen molar-refractivity contribution in [2.45, 2.75) is 31.5 Å². The van der Waals surface area contributed by atoms with Gasteiger partial charge in [0.25, 0.3) is 0 Å². The zero-order chi connectivity index (χ0) is 13.9. The number of rotatable bonds is 4. The monoisotopic (exact) mass is 258 g/mol. The van der Waals surface area contributed by atoms with Crippen molar-refractivity contribution in [3.05, 3.63) is 0 Å². The second kappa shape index (κ2) is 6.12. The summed E-state index contributed by atoms with van der Waals surface area (Å²) in [5.41, 5.74) is 4.93. The highest BCUT2D eigenvalue weighted by Crippen LogP contribution is 2.21. The maximum atomic E-state index is 11.7. The summed E-state index contributed by atoms with van der Waals surface area (Å²) in [5, 5.41) is 11.8. The van der Waals surface area contributed by atoms with E-state index < -0.39 is 24.1 Å². The van der Waals surface area contributed by atoms with Crippen molar-refractivity contribution in [1.29, 1.82) is 0 Å². The molecule has 1 aliphatic rings. The van der Waals surface area contributed by atoms with Gasteiger partial charge in [0.15, 0.2) is 0 Å². The summed E-state index contributed by atoms with van der Waals surface area (Å²) in [7, 11) is 3.88. The number of aliphatic hydroxyl groups is 1. The second-order valence-corrected chi connectivity index (χ2v) is 5.03. The van der Waals surface area contributed by atoms with Crippen LogP contribution in [-0.4, -0.2) is 72.2 Å². The lowest BCUT2D eigenvalue weighted by molar-refractivity contribution is -0.125. The van der Waals surface area contributed by atoms with Crippen LogP contribution in [0.5, 0.6) is 0 Å². The van der Waals surface area contributed by atoms with Gasteiger partial charge in [-0.3, -0.25) is 15.0 Å². The Kier molecular flexibility index (Phi) is 5.06. The average Bonchev–Trinajstić information content (AvgIpc) is 2.56. The number of hydrogen-bond acceptors (Lipinski definition) is 5. The summed E-state index contributed by atoms with van der Waals surface area (Å²) >= 11 is 0. The molecule has 3 unspecified atom stereocenters. The van der Waals surface area contributed by atoms with E-state index in [-0.39, 0.29) is 6.04 Å². The van der Waals surface area contributed by atoms with Crippen LogP contribution in [0.15, 0.2) is 0 Å². The standard InChI is InChI=1S/C11H22N4O3/c1-7(10(17)13-11(12)18)15-6-9(16)4-8(15)5-14(2)3/h7-9,16H,4-6H2,1-3H3,(H3,12,13,17,18). The number of nitrogens with two attached hydrogens (primary N) is 1. The van der Waals surface area contributed by atoms with E-state index in [1.54, 1.807) is 6.92 Å². The fourth-order valence-corrected chi connectivity index (χ4v) is 2.37. The largest absolute Gasteiger partial charge is 0.392 e. The van der Waals surface area contributed by atoms with Crippen molar-refractivity contribution in [2.24, 2.45) is 5.73 Å². The van der Waals surface area contributed by atoms with Crippen LogP contribution >= 0.6 is 0 Å². The molecule has 1 rings (SSSR count). The first-order chi connectivity index (χ1) is 8.31. The van der Waals surface area contributed by atoms with E-state index >= 15 is 0 Å². The number of β-amino-alcohol motifs (C(OH)–C–C–N with tert-alkyl or cyclic N) is 1. The van der Waals surface area contributed by atoms with Gasteiger partial charge in [0.2, 0.25) is 5.91 Å². The average molecular weight is 258 g/mol. The molecular weight excluding hydrogens is 236 g/mol. The number of urea groups is 1. The molecule has 0 radical (unpaired) electrons. The van der Waals surface area contributed by atoms with Crippen LogP contribution in [0.2, 0.25) is 0 Å². The molecule has 0 bridgehead atoms. The third-order valence-electron chi connectivity index (χ3n) is 3.13. The van der Waals surface area contributed by atoms with Gasteiger partial charge in [-0.25, -0.2) is 4.79 Å². The molecule has 0 aromatic heterocycles. The molecule has 1 saturated heterocycles. The highest BCUT2D eigenvalue weighted by atomic mass is 16.3. The lowest BCUT2D eigenvalue weighted by Gasteiger charge is -2.30. The van der Waals surface area contributed by atoms with Gasteiger partial charge in [-0.2, -0.15) is 0 Å². The molecule has 0 spiro atoms. The van der Waals surface area contributed by atoms with Crippen molar-refractivity contribution in [3.8, 4) is 0 Å². The predicted molar refractivity (Wildman–Crippen MR) is 66.9 cm³/mol. The van der Waals surface area contributed by atoms with E-state index in [4.69, 9.17) is 5.73 Å². The summed E-state index contributed by atoms with van der Waals surface area (Å²) < 4.78 is 0. The number of likely N-dealkylation sites (tertiary alicyclic amines) is 1. The van der Waals surface area contributed by atoms with E-state index in [2.05, 4.69) is 5.32 Å². The molecule has 0 saturated carbocycles. The zero-order valence-corrected chi connectivity index (χ0v) is 11.1. The first kappa shape index (κ1) is 14.9. The Morgan fingerprint density at radius 1 is 1.56 bits per heavy atom. The molecule has 3 atom stereocenters. The quantitative estimate of drug-likeness (QED) is 0.574. The van der Waals surface area contributed by atoms with Crippen LogP contribution in [0.3, 0.4) is 0 Å². The Morgan fingerprint density at radius 3 is 2.67 bits per heavy atom. The number of nitrogens with one attached hydrogen (secondary N) is 1. The molecule has 1 heterocycles. The van der Waals surface area contributed by atoms with Crippen molar-refractivity contribution in [1.82, 2.24) is 15.1 Å². The fourth-order valence-electron chi connectivity index (χ4n) is 2.37. The smallest absolute Gasteiger partial charge is 0.318 e. The highest BCUT2D eigenvalue weighted by Gasteiger charge is 2.36. The second-order valence-electron chi connectivity index (χ2n) is 5.03.